The van der Waals surface area contributed by atoms with Crippen molar-refractivity contribution < 1.29 is 37.0 Å². The maximum Gasteiger partial charge on any atom is 0.410 e. The number of sulfone groups is 1. The quantitative estimate of drug-likeness (QED) is 0.181. The molecular formula is C36H45ClN2O8S. The molecule has 0 radical (unpaired) electrons. The fraction of sp³-hybridized carbons (Fsp3) is 0.444. The molecule has 0 saturated carbocycles. The summed E-state index contributed by atoms with van der Waals surface area (Å²) in [5, 5.41) is 3.45. The van der Waals surface area contributed by atoms with Crippen LogP contribution in [-0.4, -0.2) is 70.6 Å². The largest absolute Gasteiger partial charge is 0.462 e. The standard InChI is InChI=1S/C36H45ClN2O8S/c1-6-44-34(40)30-23-29(17-18-31(30)38-5)48(42,43)28-15-13-25(14-16-28)19-20-39(35(41)47-36(2,3)4)24-32(26-10-9-11-27(37)22-26)46-33-12-7-8-21-45-33/h9-11,13-18,22-23,32-33,38H,6-8,12,19-21,24H2,1-5H3/t32-,33?/m1/s1. The van der Waals surface area contributed by atoms with Crippen LogP contribution in [0.25, 0.3) is 0 Å². The van der Waals surface area contributed by atoms with Gasteiger partial charge in [-0.25, -0.2) is 18.0 Å². The average Bonchev–Trinajstić information content (AvgIpc) is 3.05. The number of carbonyl (C=O) groups is 2. The normalized spacial score (nSPS) is 15.8. The monoisotopic (exact) mass is 700 g/mol. The van der Waals surface area contributed by atoms with Gasteiger partial charge in [-0.15, -0.1) is 0 Å². The molecule has 1 saturated heterocycles. The third kappa shape index (κ3) is 10.2. The predicted molar refractivity (Wildman–Crippen MR) is 184 cm³/mol. The molecule has 12 heteroatoms. The summed E-state index contributed by atoms with van der Waals surface area (Å²) in [4.78, 5) is 27.6. The summed E-state index contributed by atoms with van der Waals surface area (Å²) in [6.45, 7) is 8.36. The molecule has 3 aromatic rings. The zero-order valence-electron chi connectivity index (χ0n) is 28.2. The molecule has 1 aliphatic rings. The van der Waals surface area contributed by atoms with Crippen molar-refractivity contribution in [2.75, 3.05) is 38.7 Å². The first-order valence-corrected chi connectivity index (χ1v) is 18.0. The zero-order chi connectivity index (χ0) is 34.9. The van der Waals surface area contributed by atoms with Gasteiger partial charge in [0.1, 0.15) is 11.7 Å². The Hall–Kier alpha value is -3.64. The van der Waals surface area contributed by atoms with Gasteiger partial charge in [0.05, 0.1) is 28.5 Å². The molecule has 3 aromatic carbocycles. The molecule has 0 aromatic heterocycles. The van der Waals surface area contributed by atoms with Gasteiger partial charge in [0.15, 0.2) is 6.29 Å². The highest BCUT2D eigenvalue weighted by atomic mass is 35.5. The van der Waals surface area contributed by atoms with E-state index in [0.29, 0.717) is 23.7 Å². The Morgan fingerprint density at radius 1 is 1.04 bits per heavy atom. The third-order valence-electron chi connectivity index (χ3n) is 7.68. The Morgan fingerprint density at radius 3 is 2.40 bits per heavy atom. The fourth-order valence-electron chi connectivity index (χ4n) is 5.24. The highest BCUT2D eigenvalue weighted by Crippen LogP contribution is 2.29. The van der Waals surface area contributed by atoms with E-state index in [2.05, 4.69) is 5.32 Å². The van der Waals surface area contributed by atoms with Crippen molar-refractivity contribution in [3.05, 3.63) is 88.4 Å². The molecular weight excluding hydrogens is 656 g/mol. The molecule has 1 fully saturated rings. The topological polar surface area (TPSA) is 120 Å². The lowest BCUT2D eigenvalue weighted by atomic mass is 10.1. The van der Waals surface area contributed by atoms with E-state index >= 15 is 0 Å². The molecule has 10 nitrogen and oxygen atoms in total. The van der Waals surface area contributed by atoms with Crippen LogP contribution in [0.15, 0.2) is 76.5 Å². The van der Waals surface area contributed by atoms with Crippen LogP contribution in [0.5, 0.6) is 0 Å². The molecule has 0 bridgehead atoms. The summed E-state index contributed by atoms with van der Waals surface area (Å²) >= 11 is 6.33. The van der Waals surface area contributed by atoms with Gasteiger partial charge >= 0.3 is 12.1 Å². The van der Waals surface area contributed by atoms with E-state index < -0.39 is 39.9 Å². The Labute approximate surface area is 288 Å². The highest BCUT2D eigenvalue weighted by Gasteiger charge is 2.29. The van der Waals surface area contributed by atoms with E-state index in [9.17, 15) is 18.0 Å². The maximum absolute atomic E-state index is 13.5. The third-order valence-corrected chi connectivity index (χ3v) is 9.68. The molecule has 1 unspecified atom stereocenters. The van der Waals surface area contributed by atoms with Crippen LogP contribution in [0.1, 0.15) is 74.5 Å². The van der Waals surface area contributed by atoms with Crippen molar-refractivity contribution in [3.63, 3.8) is 0 Å². The van der Waals surface area contributed by atoms with Crippen LogP contribution in [0, 0.1) is 0 Å². The lowest BCUT2D eigenvalue weighted by Gasteiger charge is -2.33. The van der Waals surface area contributed by atoms with Crippen molar-refractivity contribution >= 4 is 39.2 Å². The first-order chi connectivity index (χ1) is 22.8. The van der Waals surface area contributed by atoms with E-state index in [-0.39, 0.29) is 35.1 Å². The number of esters is 1. The number of anilines is 1. The minimum Gasteiger partial charge on any atom is -0.462 e. The van der Waals surface area contributed by atoms with E-state index in [1.165, 1.54) is 24.3 Å². The first-order valence-electron chi connectivity index (χ1n) is 16.1. The maximum atomic E-state index is 13.5. The number of carbonyl (C=O) groups excluding carboxylic acids is 2. The summed E-state index contributed by atoms with van der Waals surface area (Å²) < 4.78 is 50.2. The van der Waals surface area contributed by atoms with Crippen molar-refractivity contribution in [1.29, 1.82) is 0 Å². The van der Waals surface area contributed by atoms with Crippen molar-refractivity contribution in [1.82, 2.24) is 4.90 Å². The summed E-state index contributed by atoms with van der Waals surface area (Å²) in [6.07, 6.45) is 1.71. The second-order valence-electron chi connectivity index (χ2n) is 12.5. The van der Waals surface area contributed by atoms with Crippen LogP contribution >= 0.6 is 11.6 Å². The lowest BCUT2D eigenvalue weighted by molar-refractivity contribution is -0.192. The number of hydrogen-bond acceptors (Lipinski definition) is 9. The van der Waals surface area contributed by atoms with Crippen molar-refractivity contribution in [2.24, 2.45) is 0 Å². The van der Waals surface area contributed by atoms with Gasteiger partial charge in [0, 0.05) is 30.9 Å². The Morgan fingerprint density at radius 2 is 1.77 bits per heavy atom. The molecule has 0 aliphatic carbocycles. The van der Waals surface area contributed by atoms with E-state index in [4.69, 9.17) is 30.5 Å². The minimum absolute atomic E-state index is 0.0255. The number of rotatable bonds is 13. The average molecular weight is 701 g/mol. The van der Waals surface area contributed by atoms with Gasteiger partial charge in [-0.05, 0) is 107 Å². The summed E-state index contributed by atoms with van der Waals surface area (Å²) in [6, 6.07) is 18.2. The van der Waals surface area contributed by atoms with Gasteiger partial charge in [-0.2, -0.15) is 0 Å². The molecule has 2 atom stereocenters. The molecule has 1 amide bonds. The van der Waals surface area contributed by atoms with Crippen LogP contribution in [0.3, 0.4) is 0 Å². The number of benzene rings is 3. The molecule has 1 N–H and O–H groups in total. The fourth-order valence-corrected chi connectivity index (χ4v) is 6.73. The van der Waals surface area contributed by atoms with Gasteiger partial charge < -0.3 is 29.2 Å². The molecule has 0 spiro atoms. The van der Waals surface area contributed by atoms with E-state index in [0.717, 1.165) is 30.4 Å². The number of nitrogens with zero attached hydrogens (tertiary/aromatic N) is 1. The second kappa shape index (κ2) is 16.6. The van der Waals surface area contributed by atoms with Crippen LogP contribution in [0.4, 0.5) is 10.5 Å². The summed E-state index contributed by atoms with van der Waals surface area (Å²) in [7, 11) is -2.30. The van der Waals surface area contributed by atoms with Crippen LogP contribution in [-0.2, 0) is 35.2 Å². The lowest BCUT2D eigenvalue weighted by Crippen LogP contribution is -2.41. The Balaban J connectivity index is 1.54. The van der Waals surface area contributed by atoms with E-state index in [1.807, 2.05) is 39.0 Å². The first kappa shape index (κ1) is 37.2. The van der Waals surface area contributed by atoms with Gasteiger partial charge in [-0.3, -0.25) is 0 Å². The minimum atomic E-state index is -3.94. The number of nitrogens with one attached hydrogen (secondary N) is 1. The van der Waals surface area contributed by atoms with Gasteiger partial charge in [-0.1, -0.05) is 35.9 Å². The molecule has 260 valence electrons. The van der Waals surface area contributed by atoms with Gasteiger partial charge in [0.25, 0.3) is 0 Å². The predicted octanol–water partition coefficient (Wildman–Crippen LogP) is 7.46. The number of amides is 1. The highest BCUT2D eigenvalue weighted by molar-refractivity contribution is 7.91. The van der Waals surface area contributed by atoms with Crippen LogP contribution in [0.2, 0.25) is 5.02 Å². The summed E-state index contributed by atoms with van der Waals surface area (Å²) in [5.41, 5.74) is 1.51. The molecule has 1 aliphatic heterocycles. The Kier molecular flexibility index (Phi) is 12.9. The number of ether oxygens (including phenoxy) is 4. The zero-order valence-corrected chi connectivity index (χ0v) is 29.7. The number of hydrogen-bond donors (Lipinski definition) is 1. The van der Waals surface area contributed by atoms with Gasteiger partial charge in [0.2, 0.25) is 9.84 Å². The molecule has 48 heavy (non-hydrogen) atoms. The van der Waals surface area contributed by atoms with Crippen molar-refractivity contribution in [2.45, 2.75) is 81.2 Å². The molecule has 1 heterocycles. The number of halogens is 1. The SMILES string of the molecule is CCOC(=O)c1cc(S(=O)(=O)c2ccc(CCN(C[C@@H](OC3CCCCO3)c3cccc(Cl)c3)C(=O)OC(C)(C)C)cc2)ccc1NC. The van der Waals surface area contributed by atoms with Crippen LogP contribution < -0.4 is 5.32 Å². The molecule has 4 rings (SSSR count). The second-order valence-corrected chi connectivity index (χ2v) is 14.9. The summed E-state index contributed by atoms with van der Waals surface area (Å²) in [5.74, 6) is -0.613. The smallest absolute Gasteiger partial charge is 0.410 e. The Bertz CT molecular complexity index is 1650. The van der Waals surface area contributed by atoms with E-state index in [1.54, 1.807) is 43.1 Å². The van der Waals surface area contributed by atoms with Crippen molar-refractivity contribution in [3.8, 4) is 0 Å².